The molecule has 0 radical (unpaired) electrons. The minimum atomic E-state index is -1.38. The van der Waals surface area contributed by atoms with Crippen LogP contribution in [0.3, 0.4) is 0 Å². The minimum absolute atomic E-state index is 0.0372. The van der Waals surface area contributed by atoms with Gasteiger partial charge in [0.25, 0.3) is 0 Å². The lowest BCUT2D eigenvalue weighted by molar-refractivity contribution is -0.307. The molecule has 2 N–H and O–H groups in total. The second-order valence-electron chi connectivity index (χ2n) is 17.9. The third-order valence-corrected chi connectivity index (χ3v) is 15.5. The van der Waals surface area contributed by atoms with Crippen LogP contribution in [0.15, 0.2) is 12.2 Å². The van der Waals surface area contributed by atoms with Gasteiger partial charge in [-0.1, -0.05) is 40.7 Å². The van der Waals surface area contributed by atoms with Crippen LogP contribution in [0.4, 0.5) is 0 Å². The van der Waals surface area contributed by atoms with Gasteiger partial charge in [-0.05, 0) is 104 Å². The number of esters is 2. The fraction of sp³-hybridized carbons (Fsp3) is 0.897. The molecule has 0 aromatic rings. The third-order valence-electron chi connectivity index (χ3n) is 15.5. The number of carbonyl (C=O) groups is 2. The summed E-state index contributed by atoms with van der Waals surface area (Å²) in [6, 6.07) is 0. The maximum absolute atomic E-state index is 12.8. The summed E-state index contributed by atoms with van der Waals surface area (Å²) < 4.78 is 36.9. The van der Waals surface area contributed by atoms with E-state index in [9.17, 15) is 19.8 Å². The summed E-state index contributed by atoms with van der Waals surface area (Å²) in [5, 5.41) is 21.9. The molecule has 10 nitrogen and oxygen atoms in total. The minimum Gasteiger partial charge on any atom is -0.462 e. The molecule has 7 rings (SSSR count). The fourth-order valence-corrected chi connectivity index (χ4v) is 13.6. The van der Waals surface area contributed by atoms with E-state index in [1.54, 1.807) is 13.0 Å². The summed E-state index contributed by atoms with van der Waals surface area (Å²) in [6.45, 7) is 17.8. The van der Waals surface area contributed by atoms with Gasteiger partial charge in [-0.3, -0.25) is 4.79 Å². The van der Waals surface area contributed by atoms with Gasteiger partial charge in [-0.15, -0.1) is 0 Å². The van der Waals surface area contributed by atoms with Gasteiger partial charge in [0.15, 0.2) is 18.7 Å². The first-order valence-electron chi connectivity index (χ1n) is 19.0. The van der Waals surface area contributed by atoms with Crippen LogP contribution in [-0.2, 0) is 38.0 Å². The summed E-state index contributed by atoms with van der Waals surface area (Å²) in [5.41, 5.74) is -0.0176. The molecule has 7 fully saturated rings. The maximum atomic E-state index is 12.8. The molecule has 2 heterocycles. The number of hydrogen-bond donors (Lipinski definition) is 2. The van der Waals surface area contributed by atoms with E-state index in [0.717, 1.165) is 38.5 Å². The maximum Gasteiger partial charge on any atom is 0.330 e. The van der Waals surface area contributed by atoms with Crippen molar-refractivity contribution in [2.75, 3.05) is 13.2 Å². The van der Waals surface area contributed by atoms with Crippen molar-refractivity contribution in [3.8, 4) is 0 Å². The van der Waals surface area contributed by atoms with Crippen molar-refractivity contribution < 1.29 is 48.2 Å². The molecular weight excluding hydrogens is 628 g/mol. The molecule has 2 aliphatic heterocycles. The largest absolute Gasteiger partial charge is 0.462 e. The Morgan fingerprint density at radius 3 is 2.41 bits per heavy atom. The zero-order valence-electron chi connectivity index (χ0n) is 30.8. The highest BCUT2D eigenvalue weighted by atomic mass is 16.7. The number of fused-ring (bicyclic) bond motifs is 4. The van der Waals surface area contributed by atoms with E-state index in [4.69, 9.17) is 28.4 Å². The van der Waals surface area contributed by atoms with Crippen LogP contribution in [0, 0.1) is 50.7 Å². The molecule has 7 aliphatic rings. The molecule has 2 spiro atoms. The summed E-state index contributed by atoms with van der Waals surface area (Å²) in [4.78, 5) is 24.8. The van der Waals surface area contributed by atoms with Gasteiger partial charge in [-0.25, -0.2) is 4.79 Å². The Hall–Kier alpha value is -1.56. The molecule has 49 heavy (non-hydrogen) atoms. The van der Waals surface area contributed by atoms with Crippen molar-refractivity contribution >= 4 is 11.9 Å². The number of ether oxygens (including phenoxy) is 6. The molecule has 5 aliphatic carbocycles. The first-order chi connectivity index (χ1) is 23.1. The third kappa shape index (κ3) is 5.15. The van der Waals surface area contributed by atoms with E-state index in [1.807, 2.05) is 6.92 Å². The fourth-order valence-electron chi connectivity index (χ4n) is 13.6. The highest BCUT2D eigenvalue weighted by Crippen LogP contribution is 2.89. The van der Waals surface area contributed by atoms with E-state index >= 15 is 0 Å². The zero-order valence-corrected chi connectivity index (χ0v) is 30.8. The van der Waals surface area contributed by atoms with E-state index in [-0.39, 0.29) is 64.8 Å². The lowest BCUT2D eigenvalue weighted by Gasteiger charge is -2.64. The number of aliphatic hydroxyl groups is 2. The molecule has 5 saturated carbocycles. The molecule has 16 atom stereocenters. The molecule has 276 valence electrons. The molecule has 0 amide bonds. The van der Waals surface area contributed by atoms with Crippen molar-refractivity contribution in [1.29, 1.82) is 0 Å². The average molecular weight is 689 g/mol. The Balaban J connectivity index is 1.14. The van der Waals surface area contributed by atoms with E-state index < -0.39 is 36.0 Å². The van der Waals surface area contributed by atoms with Gasteiger partial charge in [0.1, 0.15) is 18.3 Å². The van der Waals surface area contributed by atoms with Crippen LogP contribution in [0.1, 0.15) is 107 Å². The quantitative estimate of drug-likeness (QED) is 0.206. The summed E-state index contributed by atoms with van der Waals surface area (Å²) >= 11 is 0. The lowest BCUT2D eigenvalue weighted by atomic mass is 9.41. The number of allylic oxidation sites excluding steroid dienone is 1. The van der Waals surface area contributed by atoms with Crippen molar-refractivity contribution in [3.63, 3.8) is 0 Å². The van der Waals surface area contributed by atoms with Crippen LogP contribution < -0.4 is 0 Å². The normalized spacial score (nSPS) is 52.6. The van der Waals surface area contributed by atoms with Gasteiger partial charge in [0.05, 0.1) is 18.8 Å². The monoisotopic (exact) mass is 688 g/mol. The predicted octanol–water partition coefficient (Wildman–Crippen LogP) is 5.32. The first-order valence-corrected chi connectivity index (χ1v) is 19.0. The second-order valence-corrected chi connectivity index (χ2v) is 17.9. The van der Waals surface area contributed by atoms with Crippen molar-refractivity contribution in [1.82, 2.24) is 0 Å². The van der Waals surface area contributed by atoms with E-state index in [1.165, 1.54) is 25.8 Å². The van der Waals surface area contributed by atoms with Crippen molar-refractivity contribution in [2.45, 2.75) is 156 Å². The Morgan fingerprint density at radius 2 is 1.71 bits per heavy atom. The standard InChI is InChI=1S/C39H60O10/c1-9-11-28(41)47-25-19-45-34(32(43)31(25)42)49-27-12-13-39-20-38(39)15-14-36(7)30-21(3)16-29(44-10-2)48-24(30)18-37(36,8)26(38)17-23(46-22(4)40)33(39)35(27,5)6/h9,11,21,23-27,29-34,42-43H,10,12-20H2,1-8H3/b11-9+/t21-,23+,24+,25-,26+,27+,29-,30-,31+,32-,33+,34+,36-,37+,38+,39-/m1/s1. The Kier molecular flexibility index (Phi) is 8.96. The lowest BCUT2D eigenvalue weighted by Crippen LogP contribution is -2.63. The number of hydrogen-bond acceptors (Lipinski definition) is 10. The molecule has 0 aromatic carbocycles. The van der Waals surface area contributed by atoms with Gasteiger partial charge < -0.3 is 38.6 Å². The summed E-state index contributed by atoms with van der Waals surface area (Å²) in [6.07, 6.45) is 5.54. The van der Waals surface area contributed by atoms with Crippen LogP contribution in [0.5, 0.6) is 0 Å². The smallest absolute Gasteiger partial charge is 0.330 e. The Labute approximate surface area is 291 Å². The zero-order chi connectivity index (χ0) is 35.3. The summed E-state index contributed by atoms with van der Waals surface area (Å²) in [7, 11) is 0. The van der Waals surface area contributed by atoms with Crippen molar-refractivity contribution in [2.24, 2.45) is 50.7 Å². The molecule has 10 heteroatoms. The Morgan fingerprint density at radius 1 is 0.959 bits per heavy atom. The number of rotatable bonds is 7. The molecule has 0 bridgehead atoms. The van der Waals surface area contributed by atoms with Crippen LogP contribution in [0.2, 0.25) is 0 Å². The average Bonchev–Trinajstić information content (AvgIpc) is 3.60. The van der Waals surface area contributed by atoms with Gasteiger partial charge in [0.2, 0.25) is 0 Å². The molecule has 0 unspecified atom stereocenters. The molecule has 0 aromatic heterocycles. The van der Waals surface area contributed by atoms with Crippen LogP contribution in [-0.4, -0.2) is 84.6 Å². The second kappa shape index (κ2) is 12.3. The van der Waals surface area contributed by atoms with Gasteiger partial charge in [-0.2, -0.15) is 0 Å². The predicted molar refractivity (Wildman–Crippen MR) is 179 cm³/mol. The van der Waals surface area contributed by atoms with Crippen LogP contribution >= 0.6 is 0 Å². The number of carbonyl (C=O) groups excluding carboxylic acids is 2. The first kappa shape index (κ1) is 35.8. The van der Waals surface area contributed by atoms with Gasteiger partial charge >= 0.3 is 11.9 Å². The summed E-state index contributed by atoms with van der Waals surface area (Å²) in [5.74, 6) is 0.641. The van der Waals surface area contributed by atoms with Crippen LogP contribution in [0.25, 0.3) is 0 Å². The SMILES string of the molecule is C/C=C/C(=O)O[C@@H]1CO[C@@H](O[C@H]2CC[C@]34C[C@]35CC[C@]3(C)[C@@H]6[C@H](C)C[C@H](OCC)O[C@H]6C[C@@]3(C)[C@@H]5C[C@H](OC(C)=O)[C@H]4C2(C)C)[C@H](O)[C@H]1O. The molecule has 2 saturated heterocycles. The Bertz CT molecular complexity index is 1330. The highest BCUT2D eigenvalue weighted by molar-refractivity contribution is 5.82. The van der Waals surface area contributed by atoms with Crippen molar-refractivity contribution in [3.05, 3.63) is 12.2 Å². The van der Waals surface area contributed by atoms with Gasteiger partial charge in [0, 0.05) is 31.9 Å². The highest BCUT2D eigenvalue weighted by Gasteiger charge is 2.85. The molecular formula is C39H60O10. The van der Waals surface area contributed by atoms with E-state index in [0.29, 0.717) is 24.4 Å². The topological polar surface area (TPSA) is 130 Å². The number of aliphatic hydroxyl groups excluding tert-OH is 2. The van der Waals surface area contributed by atoms with E-state index in [2.05, 4.69) is 34.6 Å².